The summed E-state index contributed by atoms with van der Waals surface area (Å²) in [6.07, 6.45) is 22.4. The molecule has 4 atom stereocenters. The number of allylic oxidation sites excluding steroid dienone is 2. The van der Waals surface area contributed by atoms with Crippen LogP contribution < -0.4 is 0 Å². The van der Waals surface area contributed by atoms with E-state index in [0.29, 0.717) is 6.61 Å². The van der Waals surface area contributed by atoms with Crippen LogP contribution in [-0.2, 0) is 9.47 Å². The molecule has 1 rings (SSSR count). The maximum absolute atomic E-state index is 9.84. The molecule has 0 amide bonds. The first kappa shape index (κ1) is 28.6. The van der Waals surface area contributed by atoms with Crippen molar-refractivity contribution in [2.75, 3.05) is 19.8 Å². The Morgan fingerprint density at radius 3 is 1.81 bits per heavy atom. The van der Waals surface area contributed by atoms with Crippen molar-refractivity contribution in [1.29, 1.82) is 0 Å². The summed E-state index contributed by atoms with van der Waals surface area (Å²) < 4.78 is 11.0. The predicted octanol–water partition coefficient (Wildman–Crippen LogP) is 5.30. The molecule has 31 heavy (non-hydrogen) atoms. The Bertz CT molecular complexity index is 415. The number of aliphatic hydroxyl groups excluding tert-OH is 3. The van der Waals surface area contributed by atoms with Crippen LogP contribution in [0.15, 0.2) is 12.2 Å². The highest BCUT2D eigenvalue weighted by Crippen LogP contribution is 2.19. The standard InChI is InChI=1S/C26H50O5/c1-2-3-4-5-6-7-8-9-10-11-12-13-14-15-16-17-18-19-20-30-24(21-27)26-25(29)23(28)22-31-26/h16-17,23-29H,2-15,18-22H2,1H3/b17-16+/t23-,24+,25+,26+/m1/s1. The lowest BCUT2D eigenvalue weighted by molar-refractivity contribution is -0.101. The Labute approximate surface area is 191 Å². The van der Waals surface area contributed by atoms with Crippen molar-refractivity contribution in [1.82, 2.24) is 0 Å². The third kappa shape index (κ3) is 14.3. The van der Waals surface area contributed by atoms with Gasteiger partial charge < -0.3 is 24.8 Å². The molecule has 184 valence electrons. The SMILES string of the molecule is CCCCCCCCCCCCCCC/C=C/CCCO[C@@H](CO)[C@@H]1OC[C@@H](O)[C@@H]1O. The summed E-state index contributed by atoms with van der Waals surface area (Å²) in [4.78, 5) is 0. The Hall–Kier alpha value is -0.460. The van der Waals surface area contributed by atoms with E-state index in [0.717, 1.165) is 19.3 Å². The molecule has 0 aromatic rings. The summed E-state index contributed by atoms with van der Waals surface area (Å²) in [6, 6.07) is 0. The highest BCUT2D eigenvalue weighted by molar-refractivity contribution is 4.88. The summed E-state index contributed by atoms with van der Waals surface area (Å²) in [5, 5.41) is 28.8. The van der Waals surface area contributed by atoms with Crippen LogP contribution in [0.1, 0.15) is 110 Å². The van der Waals surface area contributed by atoms with Gasteiger partial charge in [0.1, 0.15) is 24.4 Å². The first-order valence-electron chi connectivity index (χ1n) is 13.1. The van der Waals surface area contributed by atoms with E-state index in [9.17, 15) is 15.3 Å². The number of unbranched alkanes of at least 4 members (excludes halogenated alkanes) is 14. The van der Waals surface area contributed by atoms with E-state index in [1.54, 1.807) is 0 Å². The van der Waals surface area contributed by atoms with Gasteiger partial charge in [-0.05, 0) is 25.7 Å². The third-order valence-electron chi connectivity index (χ3n) is 6.22. The second-order valence-corrected chi connectivity index (χ2v) is 9.09. The van der Waals surface area contributed by atoms with Gasteiger partial charge in [-0.3, -0.25) is 0 Å². The van der Waals surface area contributed by atoms with Crippen LogP contribution >= 0.6 is 0 Å². The van der Waals surface area contributed by atoms with Crippen molar-refractivity contribution in [3.05, 3.63) is 12.2 Å². The van der Waals surface area contributed by atoms with E-state index in [1.807, 2.05) is 0 Å². The van der Waals surface area contributed by atoms with E-state index < -0.39 is 24.4 Å². The zero-order valence-corrected chi connectivity index (χ0v) is 20.1. The van der Waals surface area contributed by atoms with Gasteiger partial charge >= 0.3 is 0 Å². The molecule has 0 spiro atoms. The van der Waals surface area contributed by atoms with Crippen molar-refractivity contribution in [2.24, 2.45) is 0 Å². The summed E-state index contributed by atoms with van der Waals surface area (Å²) in [5.41, 5.74) is 0. The van der Waals surface area contributed by atoms with Crippen LogP contribution in [0.5, 0.6) is 0 Å². The summed E-state index contributed by atoms with van der Waals surface area (Å²) in [6.45, 7) is 2.66. The van der Waals surface area contributed by atoms with Crippen LogP contribution in [0, 0.1) is 0 Å². The molecule has 0 bridgehead atoms. The van der Waals surface area contributed by atoms with Gasteiger partial charge in [0.25, 0.3) is 0 Å². The molecule has 1 aliphatic heterocycles. The first-order chi connectivity index (χ1) is 15.2. The molecule has 1 fully saturated rings. The summed E-state index contributed by atoms with van der Waals surface area (Å²) in [5.74, 6) is 0. The van der Waals surface area contributed by atoms with Gasteiger partial charge in [0.15, 0.2) is 0 Å². The molecule has 0 unspecified atom stereocenters. The van der Waals surface area contributed by atoms with E-state index in [1.165, 1.54) is 83.5 Å². The van der Waals surface area contributed by atoms with Crippen molar-refractivity contribution in [3.63, 3.8) is 0 Å². The minimum atomic E-state index is -0.989. The molecule has 3 N–H and O–H groups in total. The molecule has 1 saturated heterocycles. The molecule has 0 aliphatic carbocycles. The van der Waals surface area contributed by atoms with Crippen LogP contribution in [0.25, 0.3) is 0 Å². The van der Waals surface area contributed by atoms with Crippen LogP contribution in [0.4, 0.5) is 0 Å². The van der Waals surface area contributed by atoms with Gasteiger partial charge in [-0.15, -0.1) is 0 Å². The van der Waals surface area contributed by atoms with E-state index >= 15 is 0 Å². The lowest BCUT2D eigenvalue weighted by Gasteiger charge is -2.24. The molecular formula is C26H50O5. The lowest BCUT2D eigenvalue weighted by atomic mass is 10.0. The fraction of sp³-hybridized carbons (Fsp3) is 0.923. The van der Waals surface area contributed by atoms with E-state index in [2.05, 4.69) is 19.1 Å². The minimum Gasteiger partial charge on any atom is -0.394 e. The average molecular weight is 443 g/mol. The Morgan fingerprint density at radius 1 is 0.806 bits per heavy atom. The van der Waals surface area contributed by atoms with Crippen molar-refractivity contribution < 1.29 is 24.8 Å². The van der Waals surface area contributed by atoms with E-state index in [4.69, 9.17) is 9.47 Å². The molecule has 1 aliphatic rings. The third-order valence-corrected chi connectivity index (χ3v) is 6.22. The zero-order valence-electron chi connectivity index (χ0n) is 20.1. The molecular weight excluding hydrogens is 392 g/mol. The average Bonchev–Trinajstić information content (AvgIpc) is 3.11. The molecule has 0 saturated carbocycles. The van der Waals surface area contributed by atoms with Gasteiger partial charge in [0.05, 0.1) is 13.2 Å². The van der Waals surface area contributed by atoms with Gasteiger partial charge in [0.2, 0.25) is 0 Å². The van der Waals surface area contributed by atoms with Crippen LogP contribution in [-0.4, -0.2) is 59.6 Å². The maximum Gasteiger partial charge on any atom is 0.114 e. The molecule has 5 nitrogen and oxygen atoms in total. The highest BCUT2D eigenvalue weighted by Gasteiger charge is 2.40. The normalized spacial score (nSPS) is 22.5. The summed E-state index contributed by atoms with van der Waals surface area (Å²) >= 11 is 0. The molecule has 0 aromatic heterocycles. The van der Waals surface area contributed by atoms with Gasteiger partial charge in [-0.2, -0.15) is 0 Å². The van der Waals surface area contributed by atoms with Crippen molar-refractivity contribution in [2.45, 2.75) is 134 Å². The fourth-order valence-corrected chi connectivity index (χ4v) is 4.16. The molecule has 5 heteroatoms. The largest absolute Gasteiger partial charge is 0.394 e. The lowest BCUT2D eigenvalue weighted by Crippen LogP contribution is -2.42. The van der Waals surface area contributed by atoms with Crippen molar-refractivity contribution >= 4 is 0 Å². The van der Waals surface area contributed by atoms with Crippen molar-refractivity contribution in [3.8, 4) is 0 Å². The maximum atomic E-state index is 9.84. The Morgan fingerprint density at radius 2 is 1.32 bits per heavy atom. The number of hydrogen-bond acceptors (Lipinski definition) is 5. The highest BCUT2D eigenvalue weighted by atomic mass is 16.6. The smallest absolute Gasteiger partial charge is 0.114 e. The minimum absolute atomic E-state index is 0.0909. The first-order valence-corrected chi connectivity index (χ1v) is 13.1. The molecule has 0 aromatic carbocycles. The number of rotatable bonds is 21. The van der Waals surface area contributed by atoms with Gasteiger partial charge in [0, 0.05) is 6.61 Å². The fourth-order valence-electron chi connectivity index (χ4n) is 4.16. The quantitative estimate of drug-likeness (QED) is 0.166. The van der Waals surface area contributed by atoms with Crippen LogP contribution in [0.3, 0.4) is 0 Å². The molecule has 1 heterocycles. The van der Waals surface area contributed by atoms with Gasteiger partial charge in [-0.1, -0.05) is 96.1 Å². The number of ether oxygens (including phenoxy) is 2. The zero-order chi connectivity index (χ0) is 22.6. The molecule has 0 radical (unpaired) electrons. The second-order valence-electron chi connectivity index (χ2n) is 9.09. The summed E-state index contributed by atoms with van der Waals surface area (Å²) in [7, 11) is 0. The number of aliphatic hydroxyl groups is 3. The van der Waals surface area contributed by atoms with Gasteiger partial charge in [-0.25, -0.2) is 0 Å². The monoisotopic (exact) mass is 442 g/mol. The van der Waals surface area contributed by atoms with Crippen LogP contribution in [0.2, 0.25) is 0 Å². The van der Waals surface area contributed by atoms with E-state index in [-0.39, 0.29) is 13.2 Å². The number of hydrogen-bond donors (Lipinski definition) is 3. The second kappa shape index (κ2) is 20.2. The topological polar surface area (TPSA) is 79.2 Å². The predicted molar refractivity (Wildman–Crippen MR) is 127 cm³/mol. The Kier molecular flexibility index (Phi) is 18.6. The Balaban J connectivity index is 1.83.